The number of rotatable bonds is 0. The quantitative estimate of drug-likeness (QED) is 0.127. The Bertz CT molecular complexity index is 1760. The average Bonchev–Trinajstić information content (AvgIpc) is 3.90. The number of benzene rings is 1. The van der Waals surface area contributed by atoms with Crippen molar-refractivity contribution < 1.29 is 19.1 Å². The normalized spacial score (nSPS) is 24.0. The SMILES string of the molecule is CC1(C)c2ccc([nH]2)C2(C)CCCOC(=O)c3cccc(c3)C(=O)OCCCC(C)(c3ccc1[nH]3)c1ccc([nH]1)C(C)(C)c1ccc2[nH]1. The Morgan fingerprint density at radius 3 is 1.12 bits per heavy atom. The number of ether oxygens (including phenoxy) is 2. The van der Waals surface area contributed by atoms with Gasteiger partial charge in [-0.2, -0.15) is 0 Å². The Kier molecular flexibility index (Phi) is 7.61. The smallest absolute Gasteiger partial charge is 0.338 e. The Balaban J connectivity index is 1.40. The molecule has 4 aromatic heterocycles. The predicted octanol–water partition coefficient (Wildman–Crippen LogP) is 8.16. The highest BCUT2D eigenvalue weighted by atomic mass is 16.5. The summed E-state index contributed by atoms with van der Waals surface area (Å²) in [5, 5.41) is 0. The van der Waals surface area contributed by atoms with E-state index >= 15 is 0 Å². The van der Waals surface area contributed by atoms with Crippen LogP contribution in [0.3, 0.4) is 0 Å². The zero-order chi connectivity index (χ0) is 33.9. The van der Waals surface area contributed by atoms with Crippen molar-refractivity contribution in [3.63, 3.8) is 0 Å². The van der Waals surface area contributed by atoms with Gasteiger partial charge in [-0.25, -0.2) is 9.59 Å². The lowest BCUT2D eigenvalue weighted by Gasteiger charge is -2.31. The Morgan fingerprint density at radius 1 is 0.479 bits per heavy atom. The van der Waals surface area contributed by atoms with Gasteiger partial charge < -0.3 is 29.4 Å². The third-order valence-corrected chi connectivity index (χ3v) is 11.3. The predicted molar refractivity (Wildman–Crippen MR) is 186 cm³/mol. The fourth-order valence-electron chi connectivity index (χ4n) is 7.57. The minimum atomic E-state index is -0.451. The van der Waals surface area contributed by atoms with Crippen molar-refractivity contribution in [2.24, 2.45) is 0 Å². The summed E-state index contributed by atoms with van der Waals surface area (Å²) in [4.78, 5) is 41.5. The van der Waals surface area contributed by atoms with Crippen LogP contribution in [0.5, 0.6) is 0 Å². The van der Waals surface area contributed by atoms with Crippen LogP contribution in [-0.2, 0) is 31.1 Å². The van der Waals surface area contributed by atoms with Crippen LogP contribution in [0.4, 0.5) is 0 Å². The van der Waals surface area contributed by atoms with Crippen LogP contribution in [0.1, 0.15) is 133 Å². The number of H-pyrrole nitrogens is 4. The molecule has 0 radical (unpaired) electrons. The summed E-state index contributed by atoms with van der Waals surface area (Å²) < 4.78 is 11.5. The average molecular weight is 647 g/mol. The van der Waals surface area contributed by atoms with Crippen molar-refractivity contribution >= 4 is 11.9 Å². The molecule has 1 aromatic carbocycles. The van der Waals surface area contributed by atoms with Crippen LogP contribution in [-0.4, -0.2) is 45.1 Å². The van der Waals surface area contributed by atoms with E-state index in [-0.39, 0.29) is 24.0 Å². The van der Waals surface area contributed by atoms with Crippen LogP contribution in [0.2, 0.25) is 0 Å². The van der Waals surface area contributed by atoms with Gasteiger partial charge >= 0.3 is 11.9 Å². The first-order valence-electron chi connectivity index (χ1n) is 17.1. The molecule has 12 bridgehead atoms. The van der Waals surface area contributed by atoms with Gasteiger partial charge in [-0.15, -0.1) is 0 Å². The number of esters is 2. The minimum absolute atomic E-state index is 0.247. The molecule has 0 fully saturated rings. The minimum Gasteiger partial charge on any atom is -0.462 e. The highest BCUT2D eigenvalue weighted by molar-refractivity contribution is 5.95. The number of hydrogen-bond donors (Lipinski definition) is 4. The second-order valence-corrected chi connectivity index (χ2v) is 15.1. The van der Waals surface area contributed by atoms with Crippen LogP contribution in [0.25, 0.3) is 0 Å². The Labute approximate surface area is 282 Å². The van der Waals surface area contributed by atoms with E-state index in [1.54, 1.807) is 24.3 Å². The van der Waals surface area contributed by atoms with Gasteiger partial charge in [0.15, 0.2) is 0 Å². The van der Waals surface area contributed by atoms with Crippen molar-refractivity contribution in [3.05, 3.63) is 129 Å². The zero-order valence-electron chi connectivity index (χ0n) is 28.8. The largest absolute Gasteiger partial charge is 0.462 e. The van der Waals surface area contributed by atoms with Gasteiger partial charge in [-0.3, -0.25) is 0 Å². The highest BCUT2D eigenvalue weighted by Crippen LogP contribution is 2.43. The standard InChI is InChI=1S/C40H46N4O4/c1-37(2)27-12-16-31(41-27)39(5)20-8-22-47-35(45)25-10-7-11-26(24-25)36(46)48-23-9-21-40(6,32-17-13-28(37)42-32)34-19-15-30(44-34)38(3,4)29-14-18-33(39)43-29/h7,10-19,24,41-44H,8-9,20-23H2,1-6H3. The van der Waals surface area contributed by atoms with Gasteiger partial charge in [0.2, 0.25) is 0 Å². The van der Waals surface area contributed by atoms with Gasteiger partial charge in [0.1, 0.15) is 0 Å². The molecular weight excluding hydrogens is 600 g/mol. The van der Waals surface area contributed by atoms with Crippen molar-refractivity contribution in [3.8, 4) is 0 Å². The number of carbonyl (C=O) groups is 2. The molecule has 250 valence electrons. The van der Waals surface area contributed by atoms with E-state index in [4.69, 9.17) is 9.47 Å². The number of nitrogens with one attached hydrogen (secondary N) is 4. The maximum atomic E-state index is 13.1. The molecule has 0 saturated heterocycles. The first-order chi connectivity index (χ1) is 22.8. The molecule has 0 unspecified atom stereocenters. The summed E-state index contributed by atoms with van der Waals surface area (Å²) in [6, 6.07) is 24.2. The van der Waals surface area contributed by atoms with Gasteiger partial charge in [0, 0.05) is 67.2 Å². The Morgan fingerprint density at radius 2 is 0.792 bits per heavy atom. The molecular formula is C40H46N4O4. The van der Waals surface area contributed by atoms with Crippen LogP contribution in [0, 0.1) is 0 Å². The van der Waals surface area contributed by atoms with Crippen molar-refractivity contribution in [1.82, 2.24) is 19.9 Å². The monoisotopic (exact) mass is 646 g/mol. The molecule has 8 heteroatoms. The topological polar surface area (TPSA) is 116 Å². The van der Waals surface area contributed by atoms with Gasteiger partial charge in [0.05, 0.1) is 24.3 Å². The lowest BCUT2D eigenvalue weighted by Crippen LogP contribution is -2.29. The number of hydrogen-bond acceptors (Lipinski definition) is 4. The van der Waals surface area contributed by atoms with Crippen LogP contribution in [0.15, 0.2) is 72.8 Å². The molecule has 7 heterocycles. The second kappa shape index (κ2) is 11.5. The number of aromatic amines is 4. The molecule has 3 aliphatic rings. The molecule has 8 rings (SSSR count). The van der Waals surface area contributed by atoms with Crippen LogP contribution >= 0.6 is 0 Å². The van der Waals surface area contributed by atoms with Crippen molar-refractivity contribution in [1.29, 1.82) is 0 Å². The summed E-state index contributed by atoms with van der Waals surface area (Å²) in [5.74, 6) is -0.901. The van der Waals surface area contributed by atoms with E-state index in [0.29, 0.717) is 24.0 Å². The summed E-state index contributed by atoms with van der Waals surface area (Å²) in [6.45, 7) is 14.0. The zero-order valence-corrected chi connectivity index (χ0v) is 28.8. The molecule has 5 aromatic rings. The Hall–Kier alpha value is -4.72. The van der Waals surface area contributed by atoms with Gasteiger partial charge in [0.25, 0.3) is 0 Å². The molecule has 0 aliphatic carbocycles. The molecule has 0 saturated carbocycles. The lowest BCUT2D eigenvalue weighted by molar-refractivity contribution is 0.0491. The third kappa shape index (κ3) is 5.22. The molecule has 0 atom stereocenters. The number of fused-ring (bicyclic) bond motifs is 8. The maximum absolute atomic E-state index is 13.1. The van der Waals surface area contributed by atoms with E-state index in [1.807, 2.05) is 0 Å². The first kappa shape index (κ1) is 31.9. The molecule has 3 aliphatic heterocycles. The third-order valence-electron chi connectivity index (χ3n) is 11.3. The maximum Gasteiger partial charge on any atom is 0.338 e. The molecule has 0 amide bonds. The van der Waals surface area contributed by atoms with Gasteiger partial charge in [-0.1, -0.05) is 6.07 Å². The molecule has 48 heavy (non-hydrogen) atoms. The second-order valence-electron chi connectivity index (χ2n) is 15.1. The fraction of sp³-hybridized carbons (Fsp3) is 0.400. The fourth-order valence-corrected chi connectivity index (χ4v) is 7.57. The van der Waals surface area contributed by atoms with Crippen molar-refractivity contribution in [2.75, 3.05) is 13.2 Å². The number of aromatic nitrogens is 4. The number of carbonyl (C=O) groups excluding carboxylic acids is 2. The van der Waals surface area contributed by atoms with E-state index < -0.39 is 22.8 Å². The van der Waals surface area contributed by atoms with Gasteiger partial charge in [-0.05, 0) is 134 Å². The van der Waals surface area contributed by atoms with Crippen molar-refractivity contribution in [2.45, 2.75) is 88.9 Å². The van der Waals surface area contributed by atoms with E-state index in [2.05, 4.69) is 110 Å². The molecule has 4 N–H and O–H groups in total. The summed E-state index contributed by atoms with van der Waals surface area (Å²) >= 11 is 0. The summed E-state index contributed by atoms with van der Waals surface area (Å²) in [5.41, 5.74) is 7.99. The first-order valence-corrected chi connectivity index (χ1v) is 17.1. The van der Waals surface area contributed by atoms with E-state index in [1.165, 1.54) is 0 Å². The van der Waals surface area contributed by atoms with E-state index in [0.717, 1.165) is 58.4 Å². The summed E-state index contributed by atoms with van der Waals surface area (Å²) in [6.07, 6.45) is 2.73. The van der Waals surface area contributed by atoms with Crippen LogP contribution < -0.4 is 0 Å². The highest BCUT2D eigenvalue weighted by Gasteiger charge is 2.39. The molecule has 0 spiro atoms. The molecule has 8 nitrogen and oxygen atoms in total. The van der Waals surface area contributed by atoms with E-state index in [9.17, 15) is 9.59 Å². The summed E-state index contributed by atoms with van der Waals surface area (Å²) in [7, 11) is 0. The lowest BCUT2D eigenvalue weighted by atomic mass is 9.79.